The van der Waals surface area contributed by atoms with Crippen LogP contribution in [0.3, 0.4) is 0 Å². The SMILES string of the molecule is CCc1nnc(N2C(=O)c3oc4ccc(C)cc4c(=O)c3[C@H]2c2ccc(Br)cc2)s1. The number of hydrogen-bond acceptors (Lipinski definition) is 6. The second kappa shape index (κ2) is 7.14. The molecule has 1 amide bonds. The van der Waals surface area contributed by atoms with Crippen molar-refractivity contribution in [2.45, 2.75) is 26.3 Å². The van der Waals surface area contributed by atoms with Crippen LogP contribution in [0.1, 0.15) is 45.2 Å². The lowest BCUT2D eigenvalue weighted by Crippen LogP contribution is -2.29. The number of carbonyl (C=O) groups is 1. The van der Waals surface area contributed by atoms with Crippen LogP contribution in [0.5, 0.6) is 0 Å². The van der Waals surface area contributed by atoms with Crippen LogP contribution in [-0.4, -0.2) is 16.1 Å². The fourth-order valence-electron chi connectivity index (χ4n) is 3.73. The van der Waals surface area contributed by atoms with Gasteiger partial charge in [-0.25, -0.2) is 0 Å². The van der Waals surface area contributed by atoms with E-state index in [1.54, 1.807) is 12.1 Å². The van der Waals surface area contributed by atoms with Gasteiger partial charge < -0.3 is 4.42 Å². The molecule has 3 heterocycles. The molecule has 0 unspecified atom stereocenters. The number of fused-ring (bicyclic) bond motifs is 2. The summed E-state index contributed by atoms with van der Waals surface area (Å²) in [7, 11) is 0. The third-order valence-corrected chi connectivity index (χ3v) is 6.77. The van der Waals surface area contributed by atoms with Gasteiger partial charge in [0.2, 0.25) is 10.9 Å². The third-order valence-electron chi connectivity index (χ3n) is 5.18. The van der Waals surface area contributed by atoms with Gasteiger partial charge in [0.25, 0.3) is 5.91 Å². The van der Waals surface area contributed by atoms with Gasteiger partial charge in [-0.1, -0.05) is 58.0 Å². The minimum absolute atomic E-state index is 0.0671. The number of halogens is 1. The lowest BCUT2D eigenvalue weighted by Gasteiger charge is -2.22. The van der Waals surface area contributed by atoms with Gasteiger partial charge in [-0.05, 0) is 43.2 Å². The number of anilines is 1. The summed E-state index contributed by atoms with van der Waals surface area (Å²) in [5.74, 6) is -0.311. The molecule has 0 N–H and O–H groups in total. The molecule has 30 heavy (non-hydrogen) atoms. The van der Waals surface area contributed by atoms with Crippen LogP contribution in [0.25, 0.3) is 11.0 Å². The Kier molecular flexibility index (Phi) is 4.56. The molecule has 0 spiro atoms. The van der Waals surface area contributed by atoms with Crippen LogP contribution >= 0.6 is 27.3 Å². The summed E-state index contributed by atoms with van der Waals surface area (Å²) in [5.41, 5.74) is 2.30. The smallest absolute Gasteiger partial charge is 0.297 e. The highest BCUT2D eigenvalue weighted by atomic mass is 79.9. The first-order valence-electron chi connectivity index (χ1n) is 9.46. The number of benzene rings is 2. The van der Waals surface area contributed by atoms with Crippen molar-refractivity contribution in [2.24, 2.45) is 0 Å². The van der Waals surface area contributed by atoms with Crippen molar-refractivity contribution >= 4 is 49.3 Å². The van der Waals surface area contributed by atoms with Gasteiger partial charge in [-0.3, -0.25) is 14.5 Å². The summed E-state index contributed by atoms with van der Waals surface area (Å²) < 4.78 is 6.88. The van der Waals surface area contributed by atoms with E-state index in [2.05, 4.69) is 26.1 Å². The summed E-state index contributed by atoms with van der Waals surface area (Å²) >= 11 is 4.79. The highest BCUT2D eigenvalue weighted by molar-refractivity contribution is 9.10. The van der Waals surface area contributed by atoms with Gasteiger partial charge in [0, 0.05) is 4.47 Å². The fourth-order valence-corrected chi connectivity index (χ4v) is 4.80. The Balaban J connectivity index is 1.80. The minimum Gasteiger partial charge on any atom is -0.450 e. The molecule has 0 aliphatic carbocycles. The first-order chi connectivity index (χ1) is 14.5. The molecule has 0 fully saturated rings. The van der Waals surface area contributed by atoms with Gasteiger partial charge >= 0.3 is 0 Å². The summed E-state index contributed by atoms with van der Waals surface area (Å²) in [4.78, 5) is 28.5. The Morgan fingerprint density at radius 3 is 2.60 bits per heavy atom. The summed E-state index contributed by atoms with van der Waals surface area (Å²) in [6.07, 6.45) is 0.718. The number of aromatic nitrogens is 2. The topological polar surface area (TPSA) is 76.3 Å². The highest BCUT2D eigenvalue weighted by Gasteiger charge is 2.45. The van der Waals surface area contributed by atoms with E-state index in [0.717, 1.165) is 27.0 Å². The van der Waals surface area contributed by atoms with E-state index < -0.39 is 6.04 Å². The molecule has 5 rings (SSSR count). The normalized spacial score (nSPS) is 15.8. The molecule has 1 aliphatic heterocycles. The molecule has 1 aliphatic rings. The maximum absolute atomic E-state index is 13.5. The van der Waals surface area contributed by atoms with E-state index in [9.17, 15) is 9.59 Å². The second-order valence-corrected chi connectivity index (χ2v) is 9.09. The number of carbonyl (C=O) groups excluding carboxylic acids is 1. The third kappa shape index (κ3) is 2.90. The summed E-state index contributed by atoms with van der Waals surface area (Å²) in [6, 6.07) is 12.3. The standard InChI is InChI=1S/C22H16BrN3O3S/c1-3-16-24-25-22(30-16)26-18(12-5-7-13(23)8-6-12)17-19(27)14-10-11(2)4-9-15(14)29-20(17)21(26)28/h4-10,18H,3H2,1-2H3/t18-/m1/s1. The zero-order chi connectivity index (χ0) is 21.0. The van der Waals surface area contributed by atoms with E-state index in [0.29, 0.717) is 21.7 Å². The van der Waals surface area contributed by atoms with Crippen molar-refractivity contribution in [1.82, 2.24) is 10.2 Å². The zero-order valence-corrected chi connectivity index (χ0v) is 18.6. The Labute approximate surface area is 184 Å². The number of nitrogens with zero attached hydrogens (tertiary/aromatic N) is 3. The van der Waals surface area contributed by atoms with E-state index in [4.69, 9.17) is 4.42 Å². The first-order valence-corrected chi connectivity index (χ1v) is 11.1. The van der Waals surface area contributed by atoms with Crippen LogP contribution < -0.4 is 10.3 Å². The molecular weight excluding hydrogens is 466 g/mol. The van der Waals surface area contributed by atoms with Crippen LogP contribution in [0.2, 0.25) is 0 Å². The molecule has 8 heteroatoms. The molecule has 150 valence electrons. The minimum atomic E-state index is -0.626. The first kappa shape index (κ1) is 19.1. The van der Waals surface area contributed by atoms with Gasteiger partial charge in [0.05, 0.1) is 17.0 Å². The lowest BCUT2D eigenvalue weighted by molar-refractivity contribution is 0.0970. The van der Waals surface area contributed by atoms with Crippen LogP contribution in [0.15, 0.2) is 56.1 Å². The van der Waals surface area contributed by atoms with Gasteiger partial charge in [0.15, 0.2) is 5.43 Å². The van der Waals surface area contributed by atoms with E-state index >= 15 is 0 Å². The van der Waals surface area contributed by atoms with E-state index in [-0.39, 0.29) is 17.1 Å². The quantitative estimate of drug-likeness (QED) is 0.410. The van der Waals surface area contributed by atoms with Crippen LogP contribution in [-0.2, 0) is 6.42 Å². The summed E-state index contributed by atoms with van der Waals surface area (Å²) in [6.45, 7) is 3.90. The predicted molar refractivity (Wildman–Crippen MR) is 119 cm³/mol. The van der Waals surface area contributed by atoms with Crippen molar-refractivity contribution < 1.29 is 9.21 Å². The number of aryl methyl sites for hydroxylation is 2. The average molecular weight is 482 g/mol. The Hall–Kier alpha value is -2.84. The molecular formula is C22H16BrN3O3S. The average Bonchev–Trinajstić information content (AvgIpc) is 3.32. The highest BCUT2D eigenvalue weighted by Crippen LogP contribution is 2.42. The fraction of sp³-hybridized carbons (Fsp3) is 0.182. The zero-order valence-electron chi connectivity index (χ0n) is 16.2. The molecule has 1 atom stereocenters. The molecule has 0 saturated carbocycles. The molecule has 0 saturated heterocycles. The van der Waals surface area contributed by atoms with Crippen molar-refractivity contribution in [3.63, 3.8) is 0 Å². The van der Waals surface area contributed by atoms with Crippen LogP contribution in [0.4, 0.5) is 5.13 Å². The van der Waals surface area contributed by atoms with E-state index in [1.165, 1.54) is 16.2 Å². The number of hydrogen-bond donors (Lipinski definition) is 0. The van der Waals surface area contributed by atoms with Crippen molar-refractivity contribution in [2.75, 3.05) is 4.90 Å². The van der Waals surface area contributed by atoms with Gasteiger partial charge in [-0.2, -0.15) is 0 Å². The van der Waals surface area contributed by atoms with Crippen molar-refractivity contribution in [3.8, 4) is 0 Å². The van der Waals surface area contributed by atoms with Gasteiger partial charge in [-0.15, -0.1) is 10.2 Å². The second-order valence-electron chi connectivity index (χ2n) is 7.13. The number of rotatable bonds is 3. The predicted octanol–water partition coefficient (Wildman–Crippen LogP) is 5.03. The molecule has 4 aromatic rings. The van der Waals surface area contributed by atoms with Crippen LogP contribution in [0, 0.1) is 6.92 Å². The van der Waals surface area contributed by atoms with Crippen molar-refractivity contribution in [1.29, 1.82) is 0 Å². The van der Waals surface area contributed by atoms with E-state index in [1.807, 2.05) is 44.2 Å². The number of amides is 1. The summed E-state index contributed by atoms with van der Waals surface area (Å²) in [5, 5.41) is 10.1. The molecule has 2 aromatic carbocycles. The van der Waals surface area contributed by atoms with Crippen molar-refractivity contribution in [3.05, 3.63) is 84.6 Å². The lowest BCUT2D eigenvalue weighted by atomic mass is 9.98. The maximum atomic E-state index is 13.5. The maximum Gasteiger partial charge on any atom is 0.297 e. The Morgan fingerprint density at radius 2 is 1.90 bits per heavy atom. The molecule has 2 aromatic heterocycles. The molecule has 6 nitrogen and oxygen atoms in total. The largest absolute Gasteiger partial charge is 0.450 e. The van der Waals surface area contributed by atoms with Gasteiger partial charge in [0.1, 0.15) is 10.6 Å². The monoisotopic (exact) mass is 481 g/mol. The Bertz CT molecular complexity index is 1360. The molecule has 0 bridgehead atoms. The molecule has 0 radical (unpaired) electrons. The Morgan fingerprint density at radius 1 is 1.13 bits per heavy atom.